The fourth-order valence-corrected chi connectivity index (χ4v) is 10.1. The topological polar surface area (TPSA) is 193 Å². The fourth-order valence-electron chi connectivity index (χ4n) is 7.61. The number of fused-ring (bicyclic) bond motifs is 8. The normalized spacial score (nSPS) is 17.7. The van der Waals surface area contributed by atoms with E-state index in [2.05, 4.69) is 55.8 Å². The Bertz CT molecular complexity index is 2560. The first-order chi connectivity index (χ1) is 26.8. The lowest BCUT2D eigenvalue weighted by atomic mass is 9.87. The highest BCUT2D eigenvalue weighted by Gasteiger charge is 2.30. The predicted octanol–water partition coefficient (Wildman–Crippen LogP) is 6.34. The molecule has 2 aliphatic carbocycles. The monoisotopic (exact) mass is 771 g/mol. The van der Waals surface area contributed by atoms with Gasteiger partial charge in [-0.2, -0.15) is 0 Å². The van der Waals surface area contributed by atoms with Crippen LogP contribution in [0.3, 0.4) is 0 Å². The number of carboxylic acid groups (broad SMARTS) is 1. The number of aryl methyl sites for hydroxylation is 2. The largest absolute Gasteiger partial charge is 0.481 e. The summed E-state index contributed by atoms with van der Waals surface area (Å²) in [5.41, 5.74) is 6.87. The summed E-state index contributed by atoms with van der Waals surface area (Å²) in [7, 11) is 0. The van der Waals surface area contributed by atoms with Gasteiger partial charge in [-0.05, 0) is 75.6 Å². The van der Waals surface area contributed by atoms with Crippen molar-refractivity contribution in [2.24, 2.45) is 21.8 Å². The number of aromatic nitrogens is 6. The first-order valence-corrected chi connectivity index (χ1v) is 20.0. The van der Waals surface area contributed by atoms with E-state index in [-0.39, 0.29) is 23.8 Å². The van der Waals surface area contributed by atoms with Crippen LogP contribution in [0.1, 0.15) is 69.8 Å². The van der Waals surface area contributed by atoms with E-state index in [4.69, 9.17) is 0 Å². The van der Waals surface area contributed by atoms with E-state index in [0.29, 0.717) is 25.9 Å². The number of thiophene rings is 2. The van der Waals surface area contributed by atoms with Gasteiger partial charge < -0.3 is 21.1 Å². The van der Waals surface area contributed by atoms with Crippen molar-refractivity contribution in [3.05, 3.63) is 80.3 Å². The molecular formula is C39H37N11O3S2. The number of pyridine rings is 2. The van der Waals surface area contributed by atoms with E-state index in [9.17, 15) is 14.7 Å². The Labute approximate surface area is 323 Å². The molecule has 2 aliphatic heterocycles. The van der Waals surface area contributed by atoms with Crippen molar-refractivity contribution in [1.29, 1.82) is 0 Å². The molecule has 10 rings (SSSR count). The Morgan fingerprint density at radius 2 is 1.24 bits per heavy atom. The number of nitrogens with zero attached hydrogens (tertiary/aromatic N) is 8. The molecule has 0 aromatic carbocycles. The summed E-state index contributed by atoms with van der Waals surface area (Å²) < 4.78 is 0. The minimum Gasteiger partial charge on any atom is -0.481 e. The number of carboxylic acids is 1. The third-order valence-electron chi connectivity index (χ3n) is 10.4. The zero-order valence-electron chi connectivity index (χ0n) is 30.2. The van der Waals surface area contributed by atoms with Crippen molar-refractivity contribution in [3.8, 4) is 0 Å². The van der Waals surface area contributed by atoms with Crippen molar-refractivity contribution >= 4 is 90.7 Å². The van der Waals surface area contributed by atoms with E-state index < -0.39 is 5.97 Å². The standard InChI is InChI=1S/C21H22N6OS.C18H15N5O2S/c1-11(2)26-20(28)12-3-4-15-16(5-12)29-21-18(15)19(24-10-25-21)27-17-6-13-7-22-8-14(13)9-23-17;24-18(25)9-1-2-12-13(3-9)26-17-15(12)16(21-8-22-17)23-14-4-10-5-19-6-11(10)7-20-14/h6-7,9-12H,3-5,8H2,1-2H3,(H,26,28)(H,23,24,25,27);4-5,7-9H,1-3,6H2,(H,24,25)(H,20,21,22,23)/t12-;9-/m00/s1. The Kier molecular flexibility index (Phi) is 9.22. The second kappa shape index (κ2) is 14.5. The highest BCUT2D eigenvalue weighted by Crippen LogP contribution is 2.42. The molecule has 6 aromatic heterocycles. The summed E-state index contributed by atoms with van der Waals surface area (Å²) in [5.74, 6) is 2.12. The molecule has 0 saturated heterocycles. The number of hydrogen-bond donors (Lipinski definition) is 4. The van der Waals surface area contributed by atoms with Crippen molar-refractivity contribution in [1.82, 2.24) is 35.2 Å². The molecule has 16 heteroatoms. The minimum absolute atomic E-state index is 0.0278. The Morgan fingerprint density at radius 3 is 1.75 bits per heavy atom. The van der Waals surface area contributed by atoms with Crippen LogP contribution < -0.4 is 16.0 Å². The molecule has 2 atom stereocenters. The lowest BCUT2D eigenvalue weighted by molar-refractivity contribution is -0.142. The van der Waals surface area contributed by atoms with E-state index in [1.165, 1.54) is 22.3 Å². The van der Waals surface area contributed by atoms with E-state index in [1.807, 2.05) is 50.8 Å². The highest BCUT2D eigenvalue weighted by atomic mass is 32.1. The fraction of sp³-hybridized carbons (Fsp3) is 0.333. The van der Waals surface area contributed by atoms with Gasteiger partial charge in [0.2, 0.25) is 5.91 Å². The zero-order valence-corrected chi connectivity index (χ0v) is 31.8. The SMILES string of the molecule is CC(C)NC(=O)[C@H]1CCc2c(sc3ncnc(Nc4cc5c(cn4)CN=C5)c23)C1.O=C(O)[C@H]1CCc2c(sc3ncnc(Nc4cc5c(cn4)CN=C5)c23)C1. The van der Waals surface area contributed by atoms with Crippen LogP contribution >= 0.6 is 22.7 Å². The second-order valence-corrected chi connectivity index (χ2v) is 16.6. The number of amides is 1. The molecular weight excluding hydrogens is 735 g/mol. The van der Waals surface area contributed by atoms with Crippen LogP contribution in [-0.4, -0.2) is 65.4 Å². The molecule has 0 saturated carbocycles. The van der Waals surface area contributed by atoms with Crippen LogP contribution in [0.2, 0.25) is 0 Å². The molecule has 278 valence electrons. The number of aliphatic imine (C=N–C) groups is 2. The van der Waals surface area contributed by atoms with Crippen LogP contribution in [0.4, 0.5) is 23.3 Å². The van der Waals surface area contributed by atoms with Gasteiger partial charge in [0.15, 0.2) is 0 Å². The zero-order chi connectivity index (χ0) is 37.6. The third kappa shape index (κ3) is 6.91. The molecule has 8 heterocycles. The first-order valence-electron chi connectivity index (χ1n) is 18.3. The average Bonchev–Trinajstić information content (AvgIpc) is 3.98. The number of nitrogens with one attached hydrogen (secondary N) is 3. The van der Waals surface area contributed by atoms with Crippen molar-refractivity contribution < 1.29 is 14.7 Å². The number of aliphatic carboxylic acids is 1. The predicted molar refractivity (Wildman–Crippen MR) is 214 cm³/mol. The van der Waals surface area contributed by atoms with Gasteiger partial charge in [0.25, 0.3) is 0 Å². The Balaban J connectivity index is 0.000000145. The highest BCUT2D eigenvalue weighted by molar-refractivity contribution is 7.19. The molecule has 55 heavy (non-hydrogen) atoms. The summed E-state index contributed by atoms with van der Waals surface area (Å²) in [4.78, 5) is 63.3. The average molecular weight is 772 g/mol. The van der Waals surface area contributed by atoms with Crippen LogP contribution in [0.25, 0.3) is 20.4 Å². The van der Waals surface area contributed by atoms with E-state index in [0.717, 1.165) is 96.5 Å². The molecule has 4 aliphatic rings. The summed E-state index contributed by atoms with van der Waals surface area (Å²) in [6, 6.07) is 4.14. The maximum atomic E-state index is 12.5. The molecule has 14 nitrogen and oxygen atoms in total. The Morgan fingerprint density at radius 1 is 0.727 bits per heavy atom. The summed E-state index contributed by atoms with van der Waals surface area (Å²) >= 11 is 3.24. The van der Waals surface area contributed by atoms with Gasteiger partial charge in [-0.25, -0.2) is 29.9 Å². The number of anilines is 4. The summed E-state index contributed by atoms with van der Waals surface area (Å²) in [6.07, 6.45) is 15.0. The van der Waals surface area contributed by atoms with Crippen LogP contribution in [0.5, 0.6) is 0 Å². The van der Waals surface area contributed by atoms with Crippen LogP contribution in [-0.2, 0) is 48.4 Å². The number of carbonyl (C=O) groups is 2. The third-order valence-corrected chi connectivity index (χ3v) is 12.7. The molecule has 6 aromatic rings. The van der Waals surface area contributed by atoms with Gasteiger partial charge >= 0.3 is 5.97 Å². The lowest BCUT2D eigenvalue weighted by Crippen LogP contribution is -2.37. The quantitative estimate of drug-likeness (QED) is 0.142. The van der Waals surface area contributed by atoms with Crippen LogP contribution in [0.15, 0.2) is 47.2 Å². The van der Waals surface area contributed by atoms with Gasteiger partial charge in [-0.15, -0.1) is 22.7 Å². The van der Waals surface area contributed by atoms with Crippen molar-refractivity contribution in [2.75, 3.05) is 10.6 Å². The second-order valence-electron chi connectivity index (χ2n) is 14.4. The van der Waals surface area contributed by atoms with Gasteiger partial charge in [-0.3, -0.25) is 19.6 Å². The number of rotatable bonds is 7. The van der Waals surface area contributed by atoms with Gasteiger partial charge in [-0.1, -0.05) is 0 Å². The smallest absolute Gasteiger partial charge is 0.306 e. The number of carbonyl (C=O) groups excluding carboxylic acids is 1. The minimum atomic E-state index is -0.721. The van der Waals surface area contributed by atoms with Crippen molar-refractivity contribution in [2.45, 2.75) is 71.5 Å². The first kappa shape index (κ1) is 35.0. The van der Waals surface area contributed by atoms with Crippen molar-refractivity contribution in [3.63, 3.8) is 0 Å². The maximum Gasteiger partial charge on any atom is 0.306 e. The molecule has 0 bridgehead atoms. The maximum absolute atomic E-state index is 12.5. The van der Waals surface area contributed by atoms with E-state index in [1.54, 1.807) is 29.0 Å². The van der Waals surface area contributed by atoms with Crippen LogP contribution in [0, 0.1) is 11.8 Å². The van der Waals surface area contributed by atoms with Gasteiger partial charge in [0.1, 0.15) is 45.6 Å². The Hall–Kier alpha value is -5.74. The molecule has 4 N–H and O–H groups in total. The summed E-state index contributed by atoms with van der Waals surface area (Å²) in [6.45, 7) is 5.38. The molecule has 0 unspecified atom stereocenters. The summed E-state index contributed by atoms with van der Waals surface area (Å²) in [5, 5.41) is 21.1. The van der Waals surface area contributed by atoms with Gasteiger partial charge in [0.05, 0.1) is 29.8 Å². The molecule has 1 amide bonds. The van der Waals surface area contributed by atoms with Gasteiger partial charge in [0, 0.05) is 68.8 Å². The number of hydrogen-bond acceptors (Lipinski definition) is 14. The van der Waals surface area contributed by atoms with E-state index >= 15 is 0 Å². The molecule has 0 radical (unpaired) electrons. The lowest BCUT2D eigenvalue weighted by Gasteiger charge is -2.22. The molecule has 0 fully saturated rings. The molecule has 0 spiro atoms.